The number of rotatable bonds is 1. The van der Waals surface area contributed by atoms with Gasteiger partial charge in [0.1, 0.15) is 0 Å². The molecule has 2 rings (SSSR count). The van der Waals surface area contributed by atoms with Crippen LogP contribution in [-0.2, 0) is 12.2 Å². The zero-order valence-corrected chi connectivity index (χ0v) is 10.5. The first-order valence-corrected chi connectivity index (χ1v) is 6.54. The second kappa shape index (κ2) is 3.84. The van der Waals surface area contributed by atoms with Gasteiger partial charge >= 0.3 is 0 Å². The maximum atomic E-state index is 6.33. The highest BCUT2D eigenvalue weighted by Crippen LogP contribution is 2.44. The van der Waals surface area contributed by atoms with E-state index in [0.717, 1.165) is 12.2 Å². The predicted octanol–water partition coefficient (Wildman–Crippen LogP) is 3.27. The Morgan fingerprint density at radius 2 is 2.20 bits per heavy atom. The van der Waals surface area contributed by atoms with E-state index in [9.17, 15) is 0 Å². The van der Waals surface area contributed by atoms with Gasteiger partial charge in [0.15, 0.2) is 0 Å². The molecule has 0 bridgehead atoms. The Kier molecular flexibility index (Phi) is 2.82. The van der Waals surface area contributed by atoms with Crippen molar-refractivity contribution in [2.75, 3.05) is 0 Å². The van der Waals surface area contributed by atoms with Crippen LogP contribution in [0.3, 0.4) is 0 Å². The first kappa shape index (κ1) is 11.0. The molecule has 0 saturated carbocycles. The van der Waals surface area contributed by atoms with Crippen LogP contribution in [0.4, 0.5) is 0 Å². The van der Waals surface area contributed by atoms with E-state index in [-0.39, 0.29) is 10.8 Å². The number of hydrogen-bond donors (Lipinski definition) is 1. The summed E-state index contributed by atoms with van der Waals surface area (Å²) < 4.78 is 0.166. The summed E-state index contributed by atoms with van der Waals surface area (Å²) in [6, 6.07) is 6.93. The molecule has 1 unspecified atom stereocenters. The van der Waals surface area contributed by atoms with Gasteiger partial charge in [-0.3, -0.25) is 0 Å². The van der Waals surface area contributed by atoms with Gasteiger partial charge < -0.3 is 5.73 Å². The molecule has 0 aromatic heterocycles. The molecule has 1 aromatic rings. The maximum absolute atomic E-state index is 6.33. The molecule has 1 aromatic carbocycles. The van der Waals surface area contributed by atoms with Crippen molar-refractivity contribution in [1.82, 2.24) is 0 Å². The van der Waals surface area contributed by atoms with Crippen LogP contribution in [-0.4, -0.2) is 4.75 Å². The maximum Gasteiger partial charge on any atom is 0.0442 e. The molecule has 15 heavy (non-hydrogen) atoms. The molecular formula is C13H19NS. The van der Waals surface area contributed by atoms with Crippen molar-refractivity contribution in [2.24, 2.45) is 5.73 Å². The standard InChI is InChI=1S/C13H19NS/c1-4-9-5-6-10-8-15-13(2,3)12(14)11(10)7-9/h5-7,12H,4,8,14H2,1-3H3. The number of thioether (sulfide) groups is 1. The van der Waals surface area contributed by atoms with Crippen LogP contribution in [0.1, 0.15) is 43.5 Å². The van der Waals surface area contributed by atoms with E-state index in [0.29, 0.717) is 0 Å². The summed E-state index contributed by atoms with van der Waals surface area (Å²) in [5, 5.41) is 0. The Hall–Kier alpha value is -0.470. The van der Waals surface area contributed by atoms with Crippen molar-refractivity contribution in [3.05, 3.63) is 34.9 Å². The molecule has 0 fully saturated rings. The Bertz CT molecular complexity index is 371. The summed E-state index contributed by atoms with van der Waals surface area (Å²) in [4.78, 5) is 0. The van der Waals surface area contributed by atoms with Gasteiger partial charge in [0.25, 0.3) is 0 Å². The lowest BCUT2D eigenvalue weighted by Crippen LogP contribution is -2.36. The second-order valence-electron chi connectivity index (χ2n) is 4.76. The van der Waals surface area contributed by atoms with E-state index in [4.69, 9.17) is 5.73 Å². The number of nitrogens with two attached hydrogens (primary N) is 1. The van der Waals surface area contributed by atoms with Crippen molar-refractivity contribution in [2.45, 2.75) is 43.7 Å². The van der Waals surface area contributed by atoms with Gasteiger partial charge in [-0.05, 0) is 37.0 Å². The van der Waals surface area contributed by atoms with Crippen LogP contribution in [0.25, 0.3) is 0 Å². The van der Waals surface area contributed by atoms with Crippen LogP contribution >= 0.6 is 11.8 Å². The van der Waals surface area contributed by atoms with E-state index in [1.54, 1.807) is 0 Å². The lowest BCUT2D eigenvalue weighted by molar-refractivity contribution is 0.551. The van der Waals surface area contributed by atoms with Crippen LogP contribution in [0.5, 0.6) is 0 Å². The third kappa shape index (κ3) is 1.93. The van der Waals surface area contributed by atoms with Gasteiger partial charge in [-0.25, -0.2) is 0 Å². The van der Waals surface area contributed by atoms with Gasteiger partial charge in [-0.15, -0.1) is 11.8 Å². The van der Waals surface area contributed by atoms with Gasteiger partial charge in [0.05, 0.1) is 0 Å². The monoisotopic (exact) mass is 221 g/mol. The lowest BCUT2D eigenvalue weighted by Gasteiger charge is -2.37. The second-order valence-corrected chi connectivity index (χ2v) is 6.39. The summed E-state index contributed by atoms with van der Waals surface area (Å²) in [6.07, 6.45) is 1.09. The molecule has 1 heterocycles. The smallest absolute Gasteiger partial charge is 0.0442 e. The van der Waals surface area contributed by atoms with Crippen molar-refractivity contribution >= 4 is 11.8 Å². The Labute approximate surface area is 96.4 Å². The predicted molar refractivity (Wildman–Crippen MR) is 68.1 cm³/mol. The van der Waals surface area contributed by atoms with Crippen LogP contribution in [0.2, 0.25) is 0 Å². The molecule has 0 saturated heterocycles. The SMILES string of the molecule is CCc1ccc2c(c1)C(N)C(C)(C)SC2. The minimum Gasteiger partial charge on any atom is -0.323 e. The fraction of sp³-hybridized carbons (Fsp3) is 0.538. The van der Waals surface area contributed by atoms with Crippen LogP contribution in [0.15, 0.2) is 18.2 Å². The third-order valence-electron chi connectivity index (χ3n) is 3.30. The van der Waals surface area contributed by atoms with Gasteiger partial charge in [-0.2, -0.15) is 0 Å². The molecule has 0 amide bonds. The number of hydrogen-bond acceptors (Lipinski definition) is 2. The average molecular weight is 221 g/mol. The zero-order chi connectivity index (χ0) is 11.1. The lowest BCUT2D eigenvalue weighted by atomic mass is 9.90. The van der Waals surface area contributed by atoms with E-state index in [1.807, 2.05) is 11.8 Å². The fourth-order valence-electron chi connectivity index (χ4n) is 2.01. The van der Waals surface area contributed by atoms with E-state index in [1.165, 1.54) is 16.7 Å². The molecule has 82 valence electrons. The van der Waals surface area contributed by atoms with Gasteiger partial charge in [-0.1, -0.05) is 25.1 Å². The summed E-state index contributed by atoms with van der Waals surface area (Å²) in [7, 11) is 0. The van der Waals surface area contributed by atoms with E-state index in [2.05, 4.69) is 39.0 Å². The molecule has 1 aliphatic rings. The quantitative estimate of drug-likeness (QED) is 0.787. The summed E-state index contributed by atoms with van der Waals surface area (Å²) in [6.45, 7) is 6.67. The normalized spacial score (nSPS) is 23.6. The Morgan fingerprint density at radius 3 is 2.87 bits per heavy atom. The average Bonchev–Trinajstić information content (AvgIpc) is 2.24. The van der Waals surface area contributed by atoms with Crippen LogP contribution in [0, 0.1) is 0 Å². The van der Waals surface area contributed by atoms with Crippen molar-refractivity contribution in [1.29, 1.82) is 0 Å². The van der Waals surface area contributed by atoms with Gasteiger partial charge in [0, 0.05) is 16.5 Å². The molecule has 2 N–H and O–H groups in total. The van der Waals surface area contributed by atoms with Gasteiger partial charge in [0.2, 0.25) is 0 Å². The number of fused-ring (bicyclic) bond motifs is 1. The highest BCUT2D eigenvalue weighted by atomic mass is 32.2. The zero-order valence-electron chi connectivity index (χ0n) is 9.71. The fourth-order valence-corrected chi connectivity index (χ4v) is 3.11. The molecular weight excluding hydrogens is 202 g/mol. The van der Waals surface area contributed by atoms with E-state index >= 15 is 0 Å². The first-order valence-electron chi connectivity index (χ1n) is 5.56. The molecule has 2 heteroatoms. The summed E-state index contributed by atoms with van der Waals surface area (Å²) in [5.74, 6) is 1.10. The molecule has 1 atom stereocenters. The van der Waals surface area contributed by atoms with Crippen molar-refractivity contribution in [3.8, 4) is 0 Å². The molecule has 1 aliphatic heterocycles. The highest BCUT2D eigenvalue weighted by Gasteiger charge is 2.33. The highest BCUT2D eigenvalue weighted by molar-refractivity contribution is 7.99. The molecule has 0 spiro atoms. The largest absolute Gasteiger partial charge is 0.323 e. The third-order valence-corrected chi connectivity index (χ3v) is 4.76. The van der Waals surface area contributed by atoms with Crippen LogP contribution < -0.4 is 5.73 Å². The molecule has 0 radical (unpaired) electrons. The van der Waals surface area contributed by atoms with Crippen molar-refractivity contribution < 1.29 is 0 Å². The Morgan fingerprint density at radius 1 is 1.47 bits per heavy atom. The molecule has 0 aliphatic carbocycles. The summed E-state index contributed by atoms with van der Waals surface area (Å²) >= 11 is 1.96. The van der Waals surface area contributed by atoms with E-state index < -0.39 is 0 Å². The number of aryl methyl sites for hydroxylation is 1. The minimum absolute atomic E-state index is 0.165. The molecule has 1 nitrogen and oxygen atoms in total. The van der Waals surface area contributed by atoms with Crippen molar-refractivity contribution in [3.63, 3.8) is 0 Å². The minimum atomic E-state index is 0.165. The first-order chi connectivity index (χ1) is 7.04. The topological polar surface area (TPSA) is 26.0 Å². The Balaban J connectivity index is 2.44. The number of benzene rings is 1. The summed E-state index contributed by atoms with van der Waals surface area (Å²) in [5.41, 5.74) is 10.5.